The normalized spacial score (nSPS) is 14.3. The van der Waals surface area contributed by atoms with Gasteiger partial charge in [0.05, 0.1) is 17.9 Å². The fourth-order valence-electron chi connectivity index (χ4n) is 1.94. The molecular weight excluding hydrogens is 310 g/mol. The number of nitrogens with zero attached hydrogens (tertiary/aromatic N) is 1. The molecule has 6 heteroatoms. The lowest BCUT2D eigenvalue weighted by Crippen LogP contribution is -2.42. The zero-order valence-electron chi connectivity index (χ0n) is 13.5. The number of hydrogen-bond donors (Lipinski definition) is 0. The zero-order chi connectivity index (χ0) is 16.4. The molecule has 0 N–H and O–H groups in total. The second kappa shape index (κ2) is 6.55. The van der Waals surface area contributed by atoms with E-state index in [4.69, 9.17) is 16.3 Å². The first kappa shape index (κ1) is 18.3. The van der Waals surface area contributed by atoms with Crippen molar-refractivity contribution in [2.75, 3.05) is 14.2 Å². The van der Waals surface area contributed by atoms with Crippen LogP contribution in [0.3, 0.4) is 0 Å². The molecule has 0 radical (unpaired) electrons. The highest BCUT2D eigenvalue weighted by Gasteiger charge is 2.32. The van der Waals surface area contributed by atoms with Gasteiger partial charge in [-0.15, -0.1) is 11.6 Å². The molecule has 0 spiro atoms. The van der Waals surface area contributed by atoms with Gasteiger partial charge in [-0.25, -0.2) is 8.42 Å². The second-order valence-electron chi connectivity index (χ2n) is 6.17. The Hall–Kier alpha value is -0.780. The fraction of sp³-hybridized carbons (Fsp3) is 0.600. The summed E-state index contributed by atoms with van der Waals surface area (Å²) < 4.78 is 32.0. The summed E-state index contributed by atoms with van der Waals surface area (Å²) in [6.45, 7) is 7.95. The van der Waals surface area contributed by atoms with Gasteiger partial charge < -0.3 is 4.74 Å². The van der Waals surface area contributed by atoms with Crippen LogP contribution < -0.4 is 4.74 Å². The number of hydrogen-bond acceptors (Lipinski definition) is 3. The van der Waals surface area contributed by atoms with Gasteiger partial charge in [-0.1, -0.05) is 20.8 Å². The monoisotopic (exact) mass is 333 g/mol. The van der Waals surface area contributed by atoms with Crippen LogP contribution in [0.15, 0.2) is 23.1 Å². The van der Waals surface area contributed by atoms with Crippen LogP contribution in [-0.4, -0.2) is 32.9 Å². The Morgan fingerprint density at radius 2 is 1.90 bits per heavy atom. The van der Waals surface area contributed by atoms with Crippen LogP contribution in [0.5, 0.6) is 5.75 Å². The predicted molar refractivity (Wildman–Crippen MR) is 86.4 cm³/mol. The Morgan fingerprint density at radius 1 is 1.33 bits per heavy atom. The van der Waals surface area contributed by atoms with Crippen molar-refractivity contribution in [3.05, 3.63) is 23.8 Å². The Kier molecular flexibility index (Phi) is 5.69. The van der Waals surface area contributed by atoms with Crippen molar-refractivity contribution < 1.29 is 13.2 Å². The quantitative estimate of drug-likeness (QED) is 0.775. The van der Waals surface area contributed by atoms with Crippen molar-refractivity contribution in [3.8, 4) is 5.75 Å². The van der Waals surface area contributed by atoms with E-state index in [0.29, 0.717) is 11.3 Å². The molecule has 120 valence electrons. The fourth-order valence-corrected chi connectivity index (χ4v) is 3.74. The Morgan fingerprint density at radius 3 is 2.33 bits per heavy atom. The van der Waals surface area contributed by atoms with E-state index in [1.807, 2.05) is 27.7 Å². The van der Waals surface area contributed by atoms with Gasteiger partial charge in [-0.2, -0.15) is 4.31 Å². The first-order valence-electron chi connectivity index (χ1n) is 6.76. The highest BCUT2D eigenvalue weighted by Crippen LogP contribution is 2.30. The number of ether oxygens (including phenoxy) is 1. The molecule has 0 fully saturated rings. The van der Waals surface area contributed by atoms with Crippen LogP contribution in [-0.2, 0) is 15.9 Å². The van der Waals surface area contributed by atoms with E-state index in [1.165, 1.54) is 11.4 Å². The summed E-state index contributed by atoms with van der Waals surface area (Å²) in [6, 6.07) is 4.63. The number of benzene rings is 1. The maximum atomic E-state index is 12.7. The van der Waals surface area contributed by atoms with E-state index >= 15 is 0 Å². The van der Waals surface area contributed by atoms with Crippen LogP contribution >= 0.6 is 11.6 Å². The molecule has 0 bridgehead atoms. The summed E-state index contributed by atoms with van der Waals surface area (Å²) in [6.07, 6.45) is 0. The number of halogens is 1. The largest absolute Gasteiger partial charge is 0.496 e. The molecule has 1 atom stereocenters. The lowest BCUT2D eigenvalue weighted by Gasteiger charge is -2.34. The summed E-state index contributed by atoms with van der Waals surface area (Å²) in [5, 5.41) is 0. The van der Waals surface area contributed by atoms with E-state index in [0.717, 1.165) is 0 Å². The van der Waals surface area contributed by atoms with Gasteiger partial charge in [-0.3, -0.25) is 0 Å². The van der Waals surface area contributed by atoms with Crippen molar-refractivity contribution in [2.24, 2.45) is 5.41 Å². The van der Waals surface area contributed by atoms with Crippen LogP contribution in [0.1, 0.15) is 33.3 Å². The summed E-state index contributed by atoms with van der Waals surface area (Å²) >= 11 is 5.86. The predicted octanol–water partition coefficient (Wildman–Crippen LogP) is 3.49. The minimum Gasteiger partial charge on any atom is -0.496 e. The SMILES string of the molecule is COc1ccc(S(=O)(=O)N(C)C(C)C(C)(C)C)cc1CCl. The van der Waals surface area contributed by atoms with Crippen molar-refractivity contribution in [1.29, 1.82) is 0 Å². The molecule has 0 amide bonds. The van der Waals surface area contributed by atoms with Gasteiger partial charge >= 0.3 is 0 Å². The van der Waals surface area contributed by atoms with Crippen molar-refractivity contribution in [2.45, 2.75) is 44.5 Å². The maximum absolute atomic E-state index is 12.7. The second-order valence-corrected chi connectivity index (χ2v) is 8.44. The number of methoxy groups -OCH3 is 1. The molecule has 0 aliphatic carbocycles. The summed E-state index contributed by atoms with van der Waals surface area (Å²) in [5.74, 6) is 0.793. The number of rotatable bonds is 5. The highest BCUT2D eigenvalue weighted by molar-refractivity contribution is 7.89. The highest BCUT2D eigenvalue weighted by atomic mass is 35.5. The lowest BCUT2D eigenvalue weighted by molar-refractivity contribution is 0.216. The first-order valence-corrected chi connectivity index (χ1v) is 8.74. The molecule has 0 heterocycles. The molecule has 1 aromatic carbocycles. The van der Waals surface area contributed by atoms with E-state index in [2.05, 4.69) is 0 Å². The molecule has 1 unspecified atom stereocenters. The van der Waals surface area contributed by atoms with Gasteiger partial charge in [0, 0.05) is 18.7 Å². The molecule has 0 saturated heterocycles. The van der Waals surface area contributed by atoms with Gasteiger partial charge in [0.2, 0.25) is 10.0 Å². The molecule has 0 aliphatic heterocycles. The topological polar surface area (TPSA) is 46.6 Å². The lowest BCUT2D eigenvalue weighted by atomic mass is 9.88. The molecule has 1 aromatic rings. The molecule has 1 rings (SSSR count). The third-order valence-electron chi connectivity index (χ3n) is 3.87. The van der Waals surface area contributed by atoms with Gasteiger partial charge in [0.25, 0.3) is 0 Å². The summed E-state index contributed by atoms with van der Waals surface area (Å²) in [4.78, 5) is 0.234. The minimum absolute atomic E-state index is 0.135. The van der Waals surface area contributed by atoms with Crippen LogP contribution in [0.4, 0.5) is 0 Å². The number of alkyl halides is 1. The summed E-state index contributed by atoms with van der Waals surface area (Å²) in [7, 11) is -0.418. The maximum Gasteiger partial charge on any atom is 0.243 e. The first-order chi connectivity index (χ1) is 9.55. The molecule has 0 aromatic heterocycles. The van der Waals surface area contributed by atoms with Gasteiger partial charge in [0.1, 0.15) is 5.75 Å². The minimum atomic E-state index is -3.56. The van der Waals surface area contributed by atoms with E-state index in [-0.39, 0.29) is 22.2 Å². The molecule has 21 heavy (non-hydrogen) atoms. The Bertz CT molecular complexity index is 593. The van der Waals surface area contributed by atoms with Crippen molar-refractivity contribution >= 4 is 21.6 Å². The average Bonchev–Trinajstić information content (AvgIpc) is 2.43. The zero-order valence-corrected chi connectivity index (χ0v) is 15.0. The molecule has 0 saturated carbocycles. The Labute approximate surface area is 133 Å². The van der Waals surface area contributed by atoms with Gasteiger partial charge in [0.15, 0.2) is 0 Å². The van der Waals surface area contributed by atoms with E-state index in [1.54, 1.807) is 25.2 Å². The molecular formula is C15H24ClNO3S. The standard InChI is InChI=1S/C15H24ClNO3S/c1-11(15(2,3)4)17(5)21(18,19)13-7-8-14(20-6)12(9-13)10-16/h7-9,11H,10H2,1-6H3. The average molecular weight is 334 g/mol. The van der Waals surface area contributed by atoms with E-state index < -0.39 is 10.0 Å². The van der Waals surface area contributed by atoms with Crippen LogP contribution in [0.25, 0.3) is 0 Å². The molecule has 0 aliphatic rings. The van der Waals surface area contributed by atoms with Crippen LogP contribution in [0, 0.1) is 5.41 Å². The third-order valence-corrected chi connectivity index (χ3v) is 6.08. The smallest absolute Gasteiger partial charge is 0.243 e. The summed E-state index contributed by atoms with van der Waals surface area (Å²) in [5.41, 5.74) is 0.515. The van der Waals surface area contributed by atoms with Gasteiger partial charge in [-0.05, 0) is 30.5 Å². The van der Waals surface area contributed by atoms with E-state index in [9.17, 15) is 8.42 Å². The Balaban J connectivity index is 3.25. The number of sulfonamides is 1. The van der Waals surface area contributed by atoms with Crippen LogP contribution in [0.2, 0.25) is 0 Å². The molecule has 4 nitrogen and oxygen atoms in total. The van der Waals surface area contributed by atoms with Crippen molar-refractivity contribution in [1.82, 2.24) is 4.31 Å². The van der Waals surface area contributed by atoms with Crippen molar-refractivity contribution in [3.63, 3.8) is 0 Å². The third kappa shape index (κ3) is 3.90.